The minimum atomic E-state index is 0.192. The predicted octanol–water partition coefficient (Wildman–Crippen LogP) is 2.32. The molecule has 1 rings (SSSR count). The molecule has 1 saturated carbocycles. The second-order valence-electron chi connectivity index (χ2n) is 5.22. The average Bonchev–Trinajstić information content (AvgIpc) is 2.40. The average molecular weight is 199 g/mol. The molecule has 1 aliphatic rings. The normalized spacial score (nSPS) is 30.9. The van der Waals surface area contributed by atoms with Gasteiger partial charge in [0.2, 0.25) is 0 Å². The molecule has 0 spiro atoms. The summed E-state index contributed by atoms with van der Waals surface area (Å²) in [6, 6.07) is 0. The Morgan fingerprint density at radius 2 is 2.00 bits per heavy atom. The van der Waals surface area contributed by atoms with Crippen molar-refractivity contribution in [2.24, 2.45) is 5.41 Å². The summed E-state index contributed by atoms with van der Waals surface area (Å²) in [5, 5.41) is 12.9. The molecule has 1 fully saturated rings. The topological polar surface area (TPSA) is 32.3 Å². The summed E-state index contributed by atoms with van der Waals surface area (Å²) in [6.45, 7) is 8.24. The fraction of sp³-hybridized carbons (Fsp3) is 1.00. The van der Waals surface area contributed by atoms with Crippen molar-refractivity contribution >= 4 is 0 Å². The Hall–Kier alpha value is -0.0800. The summed E-state index contributed by atoms with van der Waals surface area (Å²) in [4.78, 5) is 0. The van der Waals surface area contributed by atoms with E-state index in [2.05, 4.69) is 26.1 Å². The van der Waals surface area contributed by atoms with Crippen LogP contribution >= 0.6 is 0 Å². The Labute approximate surface area is 88.1 Å². The van der Waals surface area contributed by atoms with E-state index in [0.717, 1.165) is 13.0 Å². The molecule has 0 heterocycles. The molecule has 2 heteroatoms. The van der Waals surface area contributed by atoms with E-state index < -0.39 is 0 Å². The molecule has 0 amide bonds. The van der Waals surface area contributed by atoms with Gasteiger partial charge in [0.05, 0.1) is 0 Å². The number of hydrogen-bond acceptors (Lipinski definition) is 2. The number of aliphatic hydroxyl groups excluding tert-OH is 1. The number of hydrogen-bond donors (Lipinski definition) is 2. The molecule has 0 radical (unpaired) electrons. The summed E-state index contributed by atoms with van der Waals surface area (Å²) in [7, 11) is 0. The van der Waals surface area contributed by atoms with Crippen molar-refractivity contribution in [3.8, 4) is 0 Å². The summed E-state index contributed by atoms with van der Waals surface area (Å²) < 4.78 is 0. The first-order chi connectivity index (χ1) is 6.58. The Kier molecular flexibility index (Phi) is 3.96. The molecule has 2 N–H and O–H groups in total. The zero-order valence-corrected chi connectivity index (χ0v) is 9.90. The highest BCUT2D eigenvalue weighted by Crippen LogP contribution is 2.47. The summed E-state index contributed by atoms with van der Waals surface area (Å²) >= 11 is 0. The van der Waals surface area contributed by atoms with E-state index in [-0.39, 0.29) is 5.54 Å². The fourth-order valence-electron chi connectivity index (χ4n) is 2.84. The molecular formula is C12H25NO. The molecule has 2 nitrogen and oxygen atoms in total. The van der Waals surface area contributed by atoms with Crippen LogP contribution in [0.1, 0.15) is 52.9 Å². The van der Waals surface area contributed by atoms with Gasteiger partial charge in [-0.25, -0.2) is 0 Å². The standard InChI is InChI=1S/C12H25NO/c1-4-9-13-12(8-10-14)7-5-6-11(12,2)3/h13-14H,4-10H2,1-3H3. The molecule has 14 heavy (non-hydrogen) atoms. The van der Waals surface area contributed by atoms with Gasteiger partial charge in [-0.05, 0) is 37.6 Å². The molecule has 0 bridgehead atoms. The van der Waals surface area contributed by atoms with Crippen molar-refractivity contribution in [3.05, 3.63) is 0 Å². The van der Waals surface area contributed by atoms with Gasteiger partial charge in [-0.2, -0.15) is 0 Å². The Bertz CT molecular complexity index is 179. The Balaban J connectivity index is 2.69. The maximum absolute atomic E-state index is 9.18. The van der Waals surface area contributed by atoms with Crippen molar-refractivity contribution < 1.29 is 5.11 Å². The first kappa shape index (κ1) is 12.0. The monoisotopic (exact) mass is 199 g/mol. The van der Waals surface area contributed by atoms with Gasteiger partial charge in [0, 0.05) is 12.1 Å². The zero-order chi connectivity index (χ0) is 10.7. The van der Waals surface area contributed by atoms with E-state index >= 15 is 0 Å². The van der Waals surface area contributed by atoms with Crippen LogP contribution in [0.3, 0.4) is 0 Å². The maximum Gasteiger partial charge on any atom is 0.0448 e. The quantitative estimate of drug-likeness (QED) is 0.712. The van der Waals surface area contributed by atoms with Gasteiger partial charge >= 0.3 is 0 Å². The third-order valence-electron chi connectivity index (χ3n) is 3.95. The highest BCUT2D eigenvalue weighted by atomic mass is 16.3. The van der Waals surface area contributed by atoms with Crippen molar-refractivity contribution in [1.82, 2.24) is 5.32 Å². The smallest absolute Gasteiger partial charge is 0.0448 e. The largest absolute Gasteiger partial charge is 0.396 e. The van der Waals surface area contributed by atoms with Crippen molar-refractivity contribution in [2.75, 3.05) is 13.2 Å². The third kappa shape index (κ3) is 2.12. The molecule has 84 valence electrons. The predicted molar refractivity (Wildman–Crippen MR) is 60.4 cm³/mol. The molecule has 0 saturated heterocycles. The van der Waals surface area contributed by atoms with E-state index in [0.29, 0.717) is 12.0 Å². The fourth-order valence-corrected chi connectivity index (χ4v) is 2.84. The highest BCUT2D eigenvalue weighted by molar-refractivity contribution is 5.04. The Morgan fingerprint density at radius 1 is 1.29 bits per heavy atom. The lowest BCUT2D eigenvalue weighted by Gasteiger charge is -2.42. The van der Waals surface area contributed by atoms with Crippen LogP contribution in [0.25, 0.3) is 0 Å². The Morgan fingerprint density at radius 3 is 2.43 bits per heavy atom. The zero-order valence-electron chi connectivity index (χ0n) is 9.90. The summed E-state index contributed by atoms with van der Waals surface area (Å²) in [6.07, 6.45) is 5.87. The van der Waals surface area contributed by atoms with E-state index in [9.17, 15) is 5.11 Å². The molecule has 0 aromatic heterocycles. The molecular weight excluding hydrogens is 174 g/mol. The molecule has 1 aliphatic carbocycles. The van der Waals surface area contributed by atoms with Gasteiger partial charge in [0.1, 0.15) is 0 Å². The van der Waals surface area contributed by atoms with Crippen LogP contribution in [0.2, 0.25) is 0 Å². The van der Waals surface area contributed by atoms with Crippen LogP contribution in [0.15, 0.2) is 0 Å². The van der Waals surface area contributed by atoms with Gasteiger partial charge in [-0.1, -0.05) is 27.2 Å². The van der Waals surface area contributed by atoms with Crippen LogP contribution in [-0.2, 0) is 0 Å². The van der Waals surface area contributed by atoms with Crippen molar-refractivity contribution in [1.29, 1.82) is 0 Å². The first-order valence-electron chi connectivity index (χ1n) is 5.94. The summed E-state index contributed by atoms with van der Waals surface area (Å²) in [5.41, 5.74) is 0.530. The van der Waals surface area contributed by atoms with Crippen molar-refractivity contribution in [2.45, 2.75) is 58.4 Å². The highest BCUT2D eigenvalue weighted by Gasteiger charge is 2.47. The SMILES string of the molecule is CCCNC1(CCO)CCCC1(C)C. The van der Waals surface area contributed by atoms with Crippen LogP contribution in [-0.4, -0.2) is 23.8 Å². The lowest BCUT2D eigenvalue weighted by Crippen LogP contribution is -2.53. The van der Waals surface area contributed by atoms with Crippen LogP contribution in [0.5, 0.6) is 0 Å². The van der Waals surface area contributed by atoms with E-state index in [1.165, 1.54) is 25.7 Å². The minimum absolute atomic E-state index is 0.192. The van der Waals surface area contributed by atoms with Gasteiger partial charge in [0.15, 0.2) is 0 Å². The second kappa shape index (κ2) is 4.63. The minimum Gasteiger partial charge on any atom is -0.396 e. The maximum atomic E-state index is 9.18. The number of nitrogens with one attached hydrogen (secondary N) is 1. The van der Waals surface area contributed by atoms with Crippen molar-refractivity contribution in [3.63, 3.8) is 0 Å². The van der Waals surface area contributed by atoms with Crippen LogP contribution in [0, 0.1) is 5.41 Å². The van der Waals surface area contributed by atoms with E-state index in [1.54, 1.807) is 0 Å². The second-order valence-corrected chi connectivity index (χ2v) is 5.22. The molecule has 1 unspecified atom stereocenters. The van der Waals surface area contributed by atoms with Gasteiger partial charge in [0.25, 0.3) is 0 Å². The van der Waals surface area contributed by atoms with Gasteiger partial charge in [-0.15, -0.1) is 0 Å². The molecule has 0 aromatic carbocycles. The van der Waals surface area contributed by atoms with Crippen LogP contribution in [0.4, 0.5) is 0 Å². The number of aliphatic hydroxyl groups is 1. The first-order valence-corrected chi connectivity index (χ1v) is 5.94. The lowest BCUT2D eigenvalue weighted by atomic mass is 9.73. The van der Waals surface area contributed by atoms with Gasteiger partial charge in [-0.3, -0.25) is 0 Å². The molecule has 0 aliphatic heterocycles. The van der Waals surface area contributed by atoms with E-state index in [1.807, 2.05) is 0 Å². The van der Waals surface area contributed by atoms with Crippen LogP contribution < -0.4 is 5.32 Å². The summed E-state index contributed by atoms with van der Waals surface area (Å²) in [5.74, 6) is 0. The number of rotatable bonds is 5. The van der Waals surface area contributed by atoms with E-state index in [4.69, 9.17) is 0 Å². The lowest BCUT2D eigenvalue weighted by molar-refractivity contribution is 0.114. The van der Waals surface area contributed by atoms with Gasteiger partial charge < -0.3 is 10.4 Å². The molecule has 1 atom stereocenters. The third-order valence-corrected chi connectivity index (χ3v) is 3.95. The molecule has 0 aromatic rings.